The first-order valence-corrected chi connectivity index (χ1v) is 5.24. The van der Waals surface area contributed by atoms with Crippen LogP contribution in [0.5, 0.6) is 0 Å². The molecule has 0 radical (unpaired) electrons. The van der Waals surface area contributed by atoms with E-state index in [4.69, 9.17) is 4.74 Å². The predicted octanol–water partition coefficient (Wildman–Crippen LogP) is 2.66. The molecule has 0 aromatic heterocycles. The van der Waals surface area contributed by atoms with Crippen molar-refractivity contribution in [1.82, 2.24) is 0 Å². The van der Waals surface area contributed by atoms with Crippen molar-refractivity contribution in [3.63, 3.8) is 0 Å². The summed E-state index contributed by atoms with van der Waals surface area (Å²) in [6.45, 7) is 5.89. The molecule has 92 valence electrons. The van der Waals surface area contributed by atoms with Crippen LogP contribution in [-0.2, 0) is 9.53 Å². The largest absolute Gasteiger partial charge is 0.451 e. The Labute approximate surface area is 99.6 Å². The third kappa shape index (κ3) is 3.37. The van der Waals surface area contributed by atoms with E-state index in [0.29, 0.717) is 5.56 Å². The van der Waals surface area contributed by atoms with Gasteiger partial charge in [0.2, 0.25) is 5.78 Å². The summed E-state index contributed by atoms with van der Waals surface area (Å²) in [6.07, 6.45) is 0. The minimum atomic E-state index is -1.29. The van der Waals surface area contributed by atoms with E-state index in [-0.39, 0.29) is 5.56 Å². The lowest BCUT2D eigenvalue weighted by molar-refractivity contribution is -0.149. The molecule has 0 aliphatic carbocycles. The second-order valence-electron chi connectivity index (χ2n) is 4.45. The molecule has 0 heterocycles. The molecule has 0 saturated heterocycles. The van der Waals surface area contributed by atoms with Gasteiger partial charge in [-0.25, -0.2) is 4.39 Å². The summed E-state index contributed by atoms with van der Waals surface area (Å²) in [6, 6.07) is 4.03. The van der Waals surface area contributed by atoms with Crippen LogP contribution in [0.4, 0.5) is 4.39 Å². The second-order valence-corrected chi connectivity index (χ2v) is 4.45. The third-order valence-corrected chi connectivity index (χ3v) is 2.25. The molecular formula is C13H15FO3. The Balaban J connectivity index is 3.07. The number of Topliss-reactive ketones (excluding diaryl/α,β-unsaturated/α-hetero) is 1. The minimum absolute atomic E-state index is 0.203. The highest BCUT2D eigenvalue weighted by atomic mass is 19.1. The third-order valence-electron chi connectivity index (χ3n) is 2.25. The van der Waals surface area contributed by atoms with E-state index in [0.717, 1.165) is 6.07 Å². The molecule has 0 N–H and O–H groups in total. The van der Waals surface area contributed by atoms with Crippen molar-refractivity contribution in [1.29, 1.82) is 0 Å². The summed E-state index contributed by atoms with van der Waals surface area (Å²) < 4.78 is 18.1. The maximum absolute atomic E-state index is 13.2. The highest BCUT2D eigenvalue weighted by Crippen LogP contribution is 2.19. The van der Waals surface area contributed by atoms with Gasteiger partial charge in [-0.05, 0) is 44.5 Å². The molecule has 4 heteroatoms. The predicted molar refractivity (Wildman–Crippen MR) is 61.3 cm³/mol. The van der Waals surface area contributed by atoms with E-state index in [1.165, 1.54) is 26.8 Å². The molecule has 1 rings (SSSR count). The molecule has 17 heavy (non-hydrogen) atoms. The lowest BCUT2D eigenvalue weighted by Gasteiger charge is -2.23. The summed E-state index contributed by atoms with van der Waals surface area (Å²) in [7, 11) is 0. The van der Waals surface area contributed by atoms with Gasteiger partial charge in [-0.3, -0.25) is 9.59 Å². The smallest absolute Gasteiger partial charge is 0.303 e. The Morgan fingerprint density at radius 2 is 1.82 bits per heavy atom. The van der Waals surface area contributed by atoms with Gasteiger partial charge < -0.3 is 4.74 Å². The quantitative estimate of drug-likeness (QED) is 0.600. The van der Waals surface area contributed by atoms with Crippen LogP contribution in [0.1, 0.15) is 36.7 Å². The van der Waals surface area contributed by atoms with Gasteiger partial charge in [0.05, 0.1) is 0 Å². The molecule has 0 atom stereocenters. The standard InChI is InChI=1S/C13H15FO3/c1-8-5-10(7-11(14)6-8)12(16)13(3,4)17-9(2)15/h5-7H,1-4H3. The number of benzene rings is 1. The van der Waals surface area contributed by atoms with E-state index in [1.54, 1.807) is 13.0 Å². The fourth-order valence-corrected chi connectivity index (χ4v) is 1.62. The number of carbonyl (C=O) groups excluding carboxylic acids is 2. The van der Waals surface area contributed by atoms with Gasteiger partial charge in [-0.2, -0.15) is 0 Å². The number of rotatable bonds is 3. The van der Waals surface area contributed by atoms with E-state index in [2.05, 4.69) is 0 Å². The molecule has 0 aliphatic heterocycles. The van der Waals surface area contributed by atoms with Gasteiger partial charge in [0.15, 0.2) is 5.60 Å². The van der Waals surface area contributed by atoms with E-state index >= 15 is 0 Å². The van der Waals surface area contributed by atoms with Crippen LogP contribution >= 0.6 is 0 Å². The Hall–Kier alpha value is -1.71. The number of aryl methyl sites for hydroxylation is 1. The highest BCUT2D eigenvalue weighted by Gasteiger charge is 2.32. The van der Waals surface area contributed by atoms with Crippen molar-refractivity contribution in [3.05, 3.63) is 35.1 Å². The first kappa shape index (κ1) is 13.4. The molecule has 0 unspecified atom stereocenters. The van der Waals surface area contributed by atoms with Gasteiger partial charge >= 0.3 is 5.97 Å². The Morgan fingerprint density at radius 3 is 2.29 bits per heavy atom. The van der Waals surface area contributed by atoms with Gasteiger partial charge in [-0.15, -0.1) is 0 Å². The van der Waals surface area contributed by atoms with Crippen LogP contribution in [0.2, 0.25) is 0 Å². The Bertz CT molecular complexity index is 443. The summed E-state index contributed by atoms with van der Waals surface area (Å²) in [5, 5.41) is 0. The molecule has 0 fully saturated rings. The second kappa shape index (κ2) is 4.65. The number of hydrogen-bond donors (Lipinski definition) is 0. The van der Waals surface area contributed by atoms with Crippen molar-refractivity contribution in [2.24, 2.45) is 0 Å². The van der Waals surface area contributed by atoms with Crippen LogP contribution in [0, 0.1) is 12.7 Å². The SMILES string of the molecule is CC(=O)OC(C)(C)C(=O)c1cc(C)cc(F)c1. The van der Waals surface area contributed by atoms with Crippen LogP contribution in [0.25, 0.3) is 0 Å². The number of ether oxygens (including phenoxy) is 1. The van der Waals surface area contributed by atoms with Crippen molar-refractivity contribution in [2.75, 3.05) is 0 Å². The summed E-state index contributed by atoms with van der Waals surface area (Å²) in [5.41, 5.74) is -0.438. The first-order valence-electron chi connectivity index (χ1n) is 5.24. The first-order chi connectivity index (χ1) is 7.72. The van der Waals surface area contributed by atoms with E-state index < -0.39 is 23.2 Å². The zero-order chi connectivity index (χ0) is 13.2. The van der Waals surface area contributed by atoms with Gasteiger partial charge in [-0.1, -0.05) is 0 Å². The van der Waals surface area contributed by atoms with Gasteiger partial charge in [0.25, 0.3) is 0 Å². The van der Waals surface area contributed by atoms with Crippen molar-refractivity contribution in [3.8, 4) is 0 Å². The zero-order valence-corrected chi connectivity index (χ0v) is 10.3. The lowest BCUT2D eigenvalue weighted by Crippen LogP contribution is -2.36. The fourth-order valence-electron chi connectivity index (χ4n) is 1.62. The maximum atomic E-state index is 13.2. The van der Waals surface area contributed by atoms with E-state index in [9.17, 15) is 14.0 Å². The van der Waals surface area contributed by atoms with Crippen molar-refractivity contribution < 1.29 is 18.7 Å². The number of esters is 1. The Kier molecular flexibility index (Phi) is 3.66. The summed E-state index contributed by atoms with van der Waals surface area (Å²) >= 11 is 0. The fraction of sp³-hybridized carbons (Fsp3) is 0.385. The average molecular weight is 238 g/mol. The highest BCUT2D eigenvalue weighted by molar-refractivity contribution is 6.03. The maximum Gasteiger partial charge on any atom is 0.303 e. The molecule has 0 spiro atoms. The summed E-state index contributed by atoms with van der Waals surface area (Å²) in [5.74, 6) is -1.45. The zero-order valence-electron chi connectivity index (χ0n) is 10.3. The van der Waals surface area contributed by atoms with E-state index in [1.807, 2.05) is 0 Å². The van der Waals surface area contributed by atoms with Crippen LogP contribution in [0.15, 0.2) is 18.2 Å². The molecule has 0 amide bonds. The Morgan fingerprint density at radius 1 is 1.24 bits per heavy atom. The molecular weight excluding hydrogens is 223 g/mol. The van der Waals surface area contributed by atoms with Crippen molar-refractivity contribution in [2.45, 2.75) is 33.3 Å². The van der Waals surface area contributed by atoms with Crippen LogP contribution in [0.3, 0.4) is 0 Å². The molecule has 0 bridgehead atoms. The van der Waals surface area contributed by atoms with Crippen molar-refractivity contribution >= 4 is 11.8 Å². The topological polar surface area (TPSA) is 43.4 Å². The summed E-state index contributed by atoms with van der Waals surface area (Å²) in [4.78, 5) is 22.9. The number of halogens is 1. The monoisotopic (exact) mass is 238 g/mol. The number of ketones is 1. The molecule has 0 aliphatic rings. The van der Waals surface area contributed by atoms with Gasteiger partial charge in [0, 0.05) is 12.5 Å². The molecule has 1 aromatic rings. The number of carbonyl (C=O) groups is 2. The molecule has 0 saturated carbocycles. The normalized spacial score (nSPS) is 11.1. The van der Waals surface area contributed by atoms with Gasteiger partial charge in [0.1, 0.15) is 5.82 Å². The molecule has 1 aromatic carbocycles. The van der Waals surface area contributed by atoms with Crippen LogP contribution in [-0.4, -0.2) is 17.4 Å². The lowest BCUT2D eigenvalue weighted by atomic mass is 9.95. The average Bonchev–Trinajstić information content (AvgIpc) is 2.12. The number of hydrogen-bond acceptors (Lipinski definition) is 3. The van der Waals surface area contributed by atoms with Crippen LogP contribution < -0.4 is 0 Å². The molecule has 3 nitrogen and oxygen atoms in total. The minimum Gasteiger partial charge on any atom is -0.451 e.